The van der Waals surface area contributed by atoms with Gasteiger partial charge in [0.25, 0.3) is 0 Å². The van der Waals surface area contributed by atoms with E-state index in [4.69, 9.17) is 0 Å². The van der Waals surface area contributed by atoms with Crippen LogP contribution in [0.4, 0.5) is 4.39 Å². The average Bonchev–Trinajstić information content (AvgIpc) is 2.55. The molecule has 0 aliphatic carbocycles. The normalized spacial score (nSPS) is 24.4. The summed E-state index contributed by atoms with van der Waals surface area (Å²) in [5, 5.41) is 6.21. The summed E-state index contributed by atoms with van der Waals surface area (Å²) in [7, 11) is -3.48. The fourth-order valence-corrected chi connectivity index (χ4v) is 6.05. The smallest absolute Gasteiger partial charge is 0.177 e. The van der Waals surface area contributed by atoms with Crippen molar-refractivity contribution >= 4 is 44.0 Å². The minimum absolute atomic E-state index is 0. The maximum Gasteiger partial charge on any atom is 0.177 e. The van der Waals surface area contributed by atoms with Crippen LogP contribution in [-0.4, -0.2) is 33.0 Å². The number of benzene rings is 1. The van der Waals surface area contributed by atoms with E-state index in [1.54, 1.807) is 12.1 Å². The Morgan fingerprint density at radius 3 is 2.69 bits per heavy atom. The number of Topliss-reactive ketones (excluding diaryl/α,β-unsaturated/α-hetero) is 1. The molecule has 0 aromatic heterocycles. The van der Waals surface area contributed by atoms with Crippen molar-refractivity contribution in [3.63, 3.8) is 0 Å². The van der Waals surface area contributed by atoms with Gasteiger partial charge in [-0.25, -0.2) is 12.8 Å². The Labute approximate surface area is 165 Å². The molecule has 3 aliphatic heterocycles. The van der Waals surface area contributed by atoms with E-state index >= 15 is 0 Å². The second-order valence-electron chi connectivity index (χ2n) is 6.42. The van der Waals surface area contributed by atoms with Gasteiger partial charge in [0.15, 0.2) is 15.6 Å². The Bertz CT molecular complexity index is 959. The van der Waals surface area contributed by atoms with Crippen molar-refractivity contribution in [1.82, 2.24) is 10.6 Å². The molecule has 1 unspecified atom stereocenters. The number of rotatable bonds is 1. The van der Waals surface area contributed by atoms with E-state index in [1.807, 2.05) is 0 Å². The van der Waals surface area contributed by atoms with Gasteiger partial charge in [-0.05, 0) is 46.5 Å². The predicted molar refractivity (Wildman–Crippen MR) is 102 cm³/mol. The molecule has 3 heterocycles. The first kappa shape index (κ1) is 19.5. The predicted octanol–water partition coefficient (Wildman–Crippen LogP) is 2.54. The summed E-state index contributed by atoms with van der Waals surface area (Å²) in [4.78, 5) is 12.9. The van der Waals surface area contributed by atoms with Crippen LogP contribution in [0.5, 0.6) is 0 Å². The zero-order chi connectivity index (χ0) is 17.8. The van der Waals surface area contributed by atoms with Gasteiger partial charge in [-0.1, -0.05) is 6.07 Å². The van der Waals surface area contributed by atoms with Crippen LogP contribution in [0.2, 0.25) is 0 Å². The Morgan fingerprint density at radius 2 is 1.96 bits per heavy atom. The van der Waals surface area contributed by atoms with Crippen molar-refractivity contribution in [2.75, 3.05) is 18.8 Å². The zero-order valence-electron chi connectivity index (χ0n) is 13.6. The lowest BCUT2D eigenvalue weighted by atomic mass is 9.82. The number of allylic oxidation sites excluding steroid dienone is 2. The molecule has 4 rings (SSSR count). The summed E-state index contributed by atoms with van der Waals surface area (Å²) in [5.74, 6) is -1.17. The third-order valence-electron chi connectivity index (χ3n) is 4.81. The standard InChI is InChI=1S/C17H16BrFN2O3S.ClH/c18-10-6-9(3-4-11(10)19)15-16-13(7-20-8-14(16)22)21-12-2-1-5-25(23,24)17(12)15;/h3-4,6,15,20-21H,1-2,5,7-8H2;1H. The van der Waals surface area contributed by atoms with Crippen LogP contribution in [0.25, 0.3) is 0 Å². The molecule has 140 valence electrons. The van der Waals surface area contributed by atoms with Crippen LogP contribution >= 0.6 is 28.3 Å². The highest BCUT2D eigenvalue weighted by Gasteiger charge is 2.43. The van der Waals surface area contributed by atoms with Crippen LogP contribution in [0, 0.1) is 5.82 Å². The van der Waals surface area contributed by atoms with Crippen LogP contribution < -0.4 is 10.6 Å². The van der Waals surface area contributed by atoms with Gasteiger partial charge in [0.1, 0.15) is 5.82 Å². The van der Waals surface area contributed by atoms with Gasteiger partial charge in [0.2, 0.25) is 0 Å². The van der Waals surface area contributed by atoms with Gasteiger partial charge in [0.05, 0.1) is 27.6 Å². The molecular weight excluding hydrogens is 447 g/mol. The topological polar surface area (TPSA) is 75.3 Å². The minimum Gasteiger partial charge on any atom is -0.360 e. The number of halogens is 3. The number of sulfone groups is 1. The summed E-state index contributed by atoms with van der Waals surface area (Å²) in [6, 6.07) is 4.42. The molecule has 0 bridgehead atoms. The molecule has 0 saturated carbocycles. The molecule has 26 heavy (non-hydrogen) atoms. The van der Waals surface area contributed by atoms with Crippen molar-refractivity contribution in [1.29, 1.82) is 0 Å². The monoisotopic (exact) mass is 462 g/mol. The van der Waals surface area contributed by atoms with Gasteiger partial charge < -0.3 is 10.6 Å². The highest BCUT2D eigenvalue weighted by atomic mass is 79.9. The van der Waals surface area contributed by atoms with Crippen molar-refractivity contribution in [3.8, 4) is 0 Å². The highest BCUT2D eigenvalue weighted by Crippen LogP contribution is 2.45. The molecular formula is C17H17BrClFN2O3S. The Kier molecular flexibility index (Phi) is 5.31. The number of carbonyl (C=O) groups excluding carboxylic acids is 1. The number of dihydropyridines is 1. The molecule has 9 heteroatoms. The molecule has 3 aliphatic rings. The number of hydrogen-bond acceptors (Lipinski definition) is 5. The first-order valence-corrected chi connectivity index (χ1v) is 10.5. The largest absolute Gasteiger partial charge is 0.360 e. The fraction of sp³-hybridized carbons (Fsp3) is 0.353. The first-order chi connectivity index (χ1) is 11.9. The summed E-state index contributed by atoms with van der Waals surface area (Å²) >= 11 is 3.16. The summed E-state index contributed by atoms with van der Waals surface area (Å²) in [6.45, 7) is 0.652. The van der Waals surface area contributed by atoms with Crippen LogP contribution in [0.15, 0.2) is 44.5 Å². The van der Waals surface area contributed by atoms with E-state index < -0.39 is 21.6 Å². The van der Waals surface area contributed by atoms with E-state index in [2.05, 4.69) is 26.6 Å². The quantitative estimate of drug-likeness (QED) is 0.669. The molecule has 0 saturated heterocycles. The molecule has 0 radical (unpaired) electrons. The lowest BCUT2D eigenvalue weighted by molar-refractivity contribution is -0.115. The molecule has 0 spiro atoms. The van der Waals surface area contributed by atoms with E-state index in [0.717, 1.165) is 5.70 Å². The van der Waals surface area contributed by atoms with Gasteiger partial charge in [-0.3, -0.25) is 4.79 Å². The summed E-state index contributed by atoms with van der Waals surface area (Å²) in [5.41, 5.74) is 2.46. The second-order valence-corrected chi connectivity index (χ2v) is 9.35. The molecule has 2 N–H and O–H groups in total. The Balaban J connectivity index is 0.00000196. The molecule has 0 fully saturated rings. The third-order valence-corrected chi connectivity index (χ3v) is 7.40. The lowest BCUT2D eigenvalue weighted by Crippen LogP contribution is -2.44. The lowest BCUT2D eigenvalue weighted by Gasteiger charge is -2.37. The summed E-state index contributed by atoms with van der Waals surface area (Å²) < 4.78 is 39.5. The first-order valence-electron chi connectivity index (χ1n) is 8.03. The molecule has 1 aromatic carbocycles. The molecule has 1 atom stereocenters. The minimum atomic E-state index is -3.48. The Morgan fingerprint density at radius 1 is 1.19 bits per heavy atom. The highest BCUT2D eigenvalue weighted by molar-refractivity contribution is 9.10. The van der Waals surface area contributed by atoms with Crippen molar-refractivity contribution < 1.29 is 17.6 Å². The number of carbonyl (C=O) groups is 1. The SMILES string of the molecule is Cl.O=C1CNCC2=C1C(c1ccc(F)c(Br)c1)C1=C(CCCS1(=O)=O)N2. The van der Waals surface area contributed by atoms with Crippen molar-refractivity contribution in [2.45, 2.75) is 18.8 Å². The number of nitrogens with one attached hydrogen (secondary N) is 2. The van der Waals surface area contributed by atoms with Crippen molar-refractivity contribution in [2.24, 2.45) is 0 Å². The van der Waals surface area contributed by atoms with Crippen LogP contribution in [0.3, 0.4) is 0 Å². The zero-order valence-corrected chi connectivity index (χ0v) is 16.9. The van der Waals surface area contributed by atoms with Gasteiger partial charge >= 0.3 is 0 Å². The van der Waals surface area contributed by atoms with E-state index in [-0.39, 0.29) is 39.9 Å². The van der Waals surface area contributed by atoms with E-state index in [9.17, 15) is 17.6 Å². The number of hydrogen-bond donors (Lipinski definition) is 2. The van der Waals surface area contributed by atoms with Gasteiger partial charge in [-0.15, -0.1) is 12.4 Å². The maximum atomic E-state index is 13.7. The van der Waals surface area contributed by atoms with Gasteiger partial charge in [-0.2, -0.15) is 0 Å². The molecule has 5 nitrogen and oxygen atoms in total. The average molecular weight is 464 g/mol. The van der Waals surface area contributed by atoms with Crippen LogP contribution in [-0.2, 0) is 14.6 Å². The van der Waals surface area contributed by atoms with Crippen molar-refractivity contribution in [3.05, 3.63) is 55.9 Å². The Hall–Kier alpha value is -1.22. The summed E-state index contributed by atoms with van der Waals surface area (Å²) in [6.07, 6.45) is 1.18. The maximum absolute atomic E-state index is 13.7. The van der Waals surface area contributed by atoms with E-state index in [1.165, 1.54) is 6.07 Å². The molecule has 1 aromatic rings. The molecule has 0 amide bonds. The van der Waals surface area contributed by atoms with E-state index in [0.29, 0.717) is 36.2 Å². The van der Waals surface area contributed by atoms with Gasteiger partial charge in [0, 0.05) is 23.5 Å². The number of ketones is 1. The fourth-order valence-electron chi connectivity index (χ4n) is 3.77. The second kappa shape index (κ2) is 7.07. The van der Waals surface area contributed by atoms with Crippen LogP contribution in [0.1, 0.15) is 24.3 Å². The third kappa shape index (κ3) is 3.13.